The molecule has 1 heterocycles. The van der Waals surface area contributed by atoms with Gasteiger partial charge in [0.15, 0.2) is 0 Å². The predicted octanol–water partition coefficient (Wildman–Crippen LogP) is 2.59. The Labute approximate surface area is 111 Å². The van der Waals surface area contributed by atoms with Crippen LogP contribution in [0.4, 0.5) is 0 Å². The molecular weight excluding hydrogens is 228 g/mol. The molecule has 17 heavy (non-hydrogen) atoms. The Kier molecular flexibility index (Phi) is 5.19. The lowest BCUT2D eigenvalue weighted by Gasteiger charge is -2.25. The van der Waals surface area contributed by atoms with Gasteiger partial charge in [-0.3, -0.25) is 0 Å². The number of hydrogen-bond donors (Lipinski definition) is 1. The van der Waals surface area contributed by atoms with E-state index in [0.29, 0.717) is 11.5 Å². The van der Waals surface area contributed by atoms with Crippen molar-refractivity contribution < 1.29 is 0 Å². The van der Waals surface area contributed by atoms with Crippen LogP contribution in [0.5, 0.6) is 0 Å². The number of nitrogens with zero attached hydrogens (tertiary/aromatic N) is 1. The maximum atomic E-state index is 3.75. The zero-order valence-electron chi connectivity index (χ0n) is 11.5. The Morgan fingerprint density at radius 2 is 2.00 bits per heavy atom. The average Bonchev–Trinajstić information content (AvgIpc) is 2.89. The summed E-state index contributed by atoms with van der Waals surface area (Å²) in [6.07, 6.45) is 5.74. The molecule has 1 aliphatic carbocycles. The minimum Gasteiger partial charge on any atom is -0.313 e. The largest absolute Gasteiger partial charge is 0.313 e. The number of nitrogens with one attached hydrogen (secondary N) is 1. The van der Waals surface area contributed by atoms with E-state index in [9.17, 15) is 0 Å². The van der Waals surface area contributed by atoms with Crippen molar-refractivity contribution in [2.75, 3.05) is 37.7 Å². The molecule has 0 spiro atoms. The van der Waals surface area contributed by atoms with Gasteiger partial charge < -0.3 is 10.2 Å². The van der Waals surface area contributed by atoms with E-state index in [2.05, 4.69) is 24.1 Å². The molecule has 1 saturated carbocycles. The SMILES string of the molecule is CCSC[C@@H](C)NCC1(CN2CCCC2)CC1. The van der Waals surface area contributed by atoms with Crippen LogP contribution in [0.25, 0.3) is 0 Å². The smallest absolute Gasteiger partial charge is 0.0130 e. The predicted molar refractivity (Wildman–Crippen MR) is 77.8 cm³/mol. The summed E-state index contributed by atoms with van der Waals surface area (Å²) >= 11 is 2.05. The Bertz CT molecular complexity index is 222. The number of likely N-dealkylation sites (tertiary alicyclic amines) is 1. The molecule has 100 valence electrons. The molecule has 0 aromatic heterocycles. The third kappa shape index (κ3) is 4.46. The van der Waals surface area contributed by atoms with Gasteiger partial charge in [-0.25, -0.2) is 0 Å². The second-order valence-corrected chi connectivity index (χ2v) is 7.24. The highest BCUT2D eigenvalue weighted by molar-refractivity contribution is 7.99. The van der Waals surface area contributed by atoms with E-state index in [1.165, 1.54) is 63.4 Å². The van der Waals surface area contributed by atoms with Crippen LogP contribution < -0.4 is 5.32 Å². The van der Waals surface area contributed by atoms with Crippen molar-refractivity contribution >= 4 is 11.8 Å². The summed E-state index contributed by atoms with van der Waals surface area (Å²) in [6, 6.07) is 0.677. The number of thioether (sulfide) groups is 1. The summed E-state index contributed by atoms with van der Waals surface area (Å²) in [5.74, 6) is 2.50. The highest BCUT2D eigenvalue weighted by Crippen LogP contribution is 2.46. The van der Waals surface area contributed by atoms with Gasteiger partial charge in [0.2, 0.25) is 0 Å². The fourth-order valence-corrected chi connectivity index (χ4v) is 3.43. The summed E-state index contributed by atoms with van der Waals surface area (Å²) in [6.45, 7) is 9.87. The van der Waals surface area contributed by atoms with Gasteiger partial charge in [-0.2, -0.15) is 11.8 Å². The second-order valence-electron chi connectivity index (χ2n) is 5.92. The second kappa shape index (κ2) is 6.44. The molecule has 1 N–H and O–H groups in total. The zero-order valence-corrected chi connectivity index (χ0v) is 12.3. The number of hydrogen-bond acceptors (Lipinski definition) is 3. The first-order valence-electron chi connectivity index (χ1n) is 7.28. The van der Waals surface area contributed by atoms with E-state index in [1.807, 2.05) is 11.8 Å². The van der Waals surface area contributed by atoms with Crippen LogP contribution in [0.2, 0.25) is 0 Å². The van der Waals surface area contributed by atoms with Gasteiger partial charge >= 0.3 is 0 Å². The van der Waals surface area contributed by atoms with E-state index >= 15 is 0 Å². The van der Waals surface area contributed by atoms with E-state index in [4.69, 9.17) is 0 Å². The average molecular weight is 256 g/mol. The molecule has 2 nitrogen and oxygen atoms in total. The van der Waals surface area contributed by atoms with Crippen molar-refractivity contribution in [2.45, 2.75) is 45.6 Å². The Hall–Kier alpha value is 0.270. The fraction of sp³-hybridized carbons (Fsp3) is 1.00. The van der Waals surface area contributed by atoms with E-state index in [1.54, 1.807) is 0 Å². The van der Waals surface area contributed by atoms with Gasteiger partial charge in [0, 0.05) is 24.9 Å². The fourth-order valence-electron chi connectivity index (χ4n) is 2.73. The van der Waals surface area contributed by atoms with Crippen molar-refractivity contribution in [2.24, 2.45) is 5.41 Å². The molecule has 2 aliphatic rings. The quantitative estimate of drug-likeness (QED) is 0.718. The topological polar surface area (TPSA) is 15.3 Å². The van der Waals surface area contributed by atoms with Crippen LogP contribution >= 0.6 is 11.8 Å². The van der Waals surface area contributed by atoms with E-state index in [-0.39, 0.29) is 0 Å². The van der Waals surface area contributed by atoms with Crippen LogP contribution in [0, 0.1) is 5.41 Å². The molecular formula is C14H28N2S. The summed E-state index contributed by atoms with van der Waals surface area (Å²) in [5.41, 5.74) is 0.648. The third-order valence-electron chi connectivity index (χ3n) is 4.11. The molecule has 0 aromatic rings. The lowest BCUT2D eigenvalue weighted by atomic mass is 10.1. The van der Waals surface area contributed by atoms with Gasteiger partial charge in [-0.1, -0.05) is 6.92 Å². The van der Waals surface area contributed by atoms with Gasteiger partial charge in [-0.05, 0) is 56.9 Å². The van der Waals surface area contributed by atoms with Crippen molar-refractivity contribution in [3.63, 3.8) is 0 Å². The minimum atomic E-state index is 0.648. The van der Waals surface area contributed by atoms with Crippen LogP contribution in [-0.2, 0) is 0 Å². The normalized spacial score (nSPS) is 25.1. The van der Waals surface area contributed by atoms with Crippen molar-refractivity contribution in [3.05, 3.63) is 0 Å². The van der Waals surface area contributed by atoms with Crippen LogP contribution in [0.1, 0.15) is 39.5 Å². The van der Waals surface area contributed by atoms with E-state index in [0.717, 1.165) is 0 Å². The lowest BCUT2D eigenvalue weighted by Crippen LogP contribution is -2.38. The van der Waals surface area contributed by atoms with Crippen LogP contribution in [0.15, 0.2) is 0 Å². The van der Waals surface area contributed by atoms with Crippen molar-refractivity contribution in [1.82, 2.24) is 10.2 Å². The van der Waals surface area contributed by atoms with Gasteiger partial charge in [0.1, 0.15) is 0 Å². The lowest BCUT2D eigenvalue weighted by molar-refractivity contribution is 0.254. The monoisotopic (exact) mass is 256 g/mol. The Balaban J connectivity index is 1.63. The summed E-state index contributed by atoms with van der Waals surface area (Å²) in [4.78, 5) is 2.68. The molecule has 0 radical (unpaired) electrons. The molecule has 1 atom stereocenters. The van der Waals surface area contributed by atoms with Crippen LogP contribution in [0.3, 0.4) is 0 Å². The van der Waals surface area contributed by atoms with E-state index < -0.39 is 0 Å². The minimum absolute atomic E-state index is 0.648. The molecule has 0 bridgehead atoms. The molecule has 2 rings (SSSR count). The number of rotatable bonds is 8. The van der Waals surface area contributed by atoms with Crippen molar-refractivity contribution in [1.29, 1.82) is 0 Å². The molecule has 1 saturated heterocycles. The van der Waals surface area contributed by atoms with Gasteiger partial charge in [0.05, 0.1) is 0 Å². The molecule has 0 aromatic carbocycles. The Morgan fingerprint density at radius 3 is 2.59 bits per heavy atom. The first-order chi connectivity index (χ1) is 8.24. The summed E-state index contributed by atoms with van der Waals surface area (Å²) < 4.78 is 0. The van der Waals surface area contributed by atoms with Crippen molar-refractivity contribution in [3.8, 4) is 0 Å². The van der Waals surface area contributed by atoms with Gasteiger partial charge in [-0.15, -0.1) is 0 Å². The maximum absolute atomic E-state index is 3.75. The first-order valence-corrected chi connectivity index (χ1v) is 8.43. The third-order valence-corrected chi connectivity index (χ3v) is 5.26. The molecule has 0 unspecified atom stereocenters. The summed E-state index contributed by atoms with van der Waals surface area (Å²) in [5, 5.41) is 3.75. The van der Waals surface area contributed by atoms with Crippen LogP contribution in [-0.4, -0.2) is 48.6 Å². The molecule has 2 fully saturated rings. The molecule has 1 aliphatic heterocycles. The maximum Gasteiger partial charge on any atom is 0.0130 e. The Morgan fingerprint density at radius 1 is 1.29 bits per heavy atom. The first kappa shape index (κ1) is 13.7. The molecule has 3 heteroatoms. The summed E-state index contributed by atoms with van der Waals surface area (Å²) in [7, 11) is 0. The standard InChI is InChI=1S/C14H28N2S/c1-3-17-10-13(2)15-11-14(6-7-14)12-16-8-4-5-9-16/h13,15H,3-12H2,1-2H3/t13-/m1/s1. The highest BCUT2D eigenvalue weighted by Gasteiger charge is 2.43. The molecule has 0 amide bonds. The van der Waals surface area contributed by atoms with Gasteiger partial charge in [0.25, 0.3) is 0 Å². The zero-order chi connectivity index (χ0) is 12.1. The highest BCUT2D eigenvalue weighted by atomic mass is 32.2.